The van der Waals surface area contributed by atoms with Crippen LogP contribution in [0.3, 0.4) is 0 Å². The van der Waals surface area contributed by atoms with E-state index in [-0.39, 0.29) is 19.0 Å². The molecule has 1 aromatic rings. The van der Waals surface area contributed by atoms with Crippen LogP contribution in [0, 0.1) is 0 Å². The summed E-state index contributed by atoms with van der Waals surface area (Å²) in [5, 5.41) is 9.16. The molecule has 4 heteroatoms. The molecule has 0 radical (unpaired) electrons. The van der Waals surface area contributed by atoms with E-state index >= 15 is 0 Å². The Morgan fingerprint density at radius 2 is 2.19 bits per heavy atom. The van der Waals surface area contributed by atoms with Gasteiger partial charge in [0.1, 0.15) is 5.75 Å². The molecule has 0 aliphatic rings. The molecule has 0 heterocycles. The largest absolute Gasteiger partial charge is 0.494 e. The van der Waals surface area contributed by atoms with Crippen molar-refractivity contribution in [1.82, 2.24) is 0 Å². The first-order valence-corrected chi connectivity index (χ1v) is 5.13. The van der Waals surface area contributed by atoms with E-state index in [1.807, 2.05) is 6.92 Å². The van der Waals surface area contributed by atoms with Gasteiger partial charge in [-0.3, -0.25) is 4.79 Å². The smallest absolute Gasteiger partial charge is 0.309 e. The van der Waals surface area contributed by atoms with Gasteiger partial charge in [0.25, 0.3) is 0 Å². The van der Waals surface area contributed by atoms with Crippen molar-refractivity contribution in [1.29, 1.82) is 0 Å². The highest BCUT2D eigenvalue weighted by Gasteiger charge is 2.07. The summed E-state index contributed by atoms with van der Waals surface area (Å²) < 4.78 is 9.91. The fourth-order valence-corrected chi connectivity index (χ4v) is 1.40. The Labute approximate surface area is 94.8 Å². The van der Waals surface area contributed by atoms with Gasteiger partial charge in [0, 0.05) is 5.56 Å². The molecule has 0 atom stereocenters. The molecule has 16 heavy (non-hydrogen) atoms. The highest BCUT2D eigenvalue weighted by atomic mass is 16.5. The van der Waals surface area contributed by atoms with Gasteiger partial charge in [0.15, 0.2) is 0 Å². The summed E-state index contributed by atoms with van der Waals surface area (Å²) in [7, 11) is 1.35. The number of aliphatic hydroxyl groups is 1. The Morgan fingerprint density at radius 1 is 1.44 bits per heavy atom. The van der Waals surface area contributed by atoms with E-state index in [9.17, 15) is 4.79 Å². The van der Waals surface area contributed by atoms with E-state index in [1.165, 1.54) is 7.11 Å². The molecule has 1 aromatic carbocycles. The number of hydrogen-bond donors (Lipinski definition) is 1. The quantitative estimate of drug-likeness (QED) is 0.766. The fourth-order valence-electron chi connectivity index (χ4n) is 1.40. The lowest BCUT2D eigenvalue weighted by atomic mass is 10.1. The zero-order valence-electron chi connectivity index (χ0n) is 9.53. The minimum atomic E-state index is -0.298. The molecule has 4 nitrogen and oxygen atoms in total. The van der Waals surface area contributed by atoms with Crippen molar-refractivity contribution in [3.05, 3.63) is 29.3 Å². The molecule has 0 saturated heterocycles. The summed E-state index contributed by atoms with van der Waals surface area (Å²) in [5.41, 5.74) is 1.49. The van der Waals surface area contributed by atoms with Gasteiger partial charge in [-0.1, -0.05) is 6.07 Å². The van der Waals surface area contributed by atoms with Crippen LogP contribution in [0.2, 0.25) is 0 Å². The van der Waals surface area contributed by atoms with Gasteiger partial charge < -0.3 is 14.6 Å². The van der Waals surface area contributed by atoms with Crippen molar-refractivity contribution in [2.24, 2.45) is 0 Å². The first-order chi connectivity index (χ1) is 7.71. The molecule has 88 valence electrons. The van der Waals surface area contributed by atoms with Crippen LogP contribution < -0.4 is 4.74 Å². The molecule has 0 aliphatic heterocycles. The molecule has 0 fully saturated rings. The fraction of sp³-hybridized carbons (Fsp3) is 0.417. The van der Waals surface area contributed by atoms with Gasteiger partial charge in [0.05, 0.1) is 26.7 Å². The first-order valence-electron chi connectivity index (χ1n) is 5.13. The summed E-state index contributed by atoms with van der Waals surface area (Å²) in [4.78, 5) is 11.1. The number of carbonyl (C=O) groups excluding carboxylic acids is 1. The van der Waals surface area contributed by atoms with Gasteiger partial charge in [-0.05, 0) is 24.6 Å². The third-order valence-corrected chi connectivity index (χ3v) is 2.17. The summed E-state index contributed by atoms with van der Waals surface area (Å²) in [5.74, 6) is 0.353. The predicted molar refractivity (Wildman–Crippen MR) is 59.3 cm³/mol. The van der Waals surface area contributed by atoms with Crippen LogP contribution in [0.5, 0.6) is 5.75 Å². The van der Waals surface area contributed by atoms with Crippen LogP contribution in [0.4, 0.5) is 0 Å². The van der Waals surface area contributed by atoms with E-state index in [0.29, 0.717) is 17.9 Å². The van der Waals surface area contributed by atoms with E-state index in [1.54, 1.807) is 18.2 Å². The van der Waals surface area contributed by atoms with Gasteiger partial charge in [0.2, 0.25) is 0 Å². The summed E-state index contributed by atoms with van der Waals surface area (Å²) in [6, 6.07) is 5.30. The molecule has 0 amide bonds. The van der Waals surface area contributed by atoms with Crippen molar-refractivity contribution < 1.29 is 19.4 Å². The van der Waals surface area contributed by atoms with E-state index in [0.717, 1.165) is 5.56 Å². The Hall–Kier alpha value is -1.55. The van der Waals surface area contributed by atoms with Gasteiger partial charge in [-0.2, -0.15) is 0 Å². The average Bonchev–Trinajstić information content (AvgIpc) is 2.31. The maximum absolute atomic E-state index is 11.1. The molecule has 1 N–H and O–H groups in total. The number of methoxy groups -OCH3 is 1. The van der Waals surface area contributed by atoms with Crippen molar-refractivity contribution in [3.8, 4) is 5.75 Å². The average molecular weight is 224 g/mol. The lowest BCUT2D eigenvalue weighted by Crippen LogP contribution is -2.05. The summed E-state index contributed by atoms with van der Waals surface area (Å²) in [6.45, 7) is 2.32. The summed E-state index contributed by atoms with van der Waals surface area (Å²) in [6.07, 6.45) is 0.204. The number of esters is 1. The number of aliphatic hydroxyl groups excluding tert-OH is 1. The maximum Gasteiger partial charge on any atom is 0.309 e. The van der Waals surface area contributed by atoms with Gasteiger partial charge in [-0.15, -0.1) is 0 Å². The van der Waals surface area contributed by atoms with Crippen LogP contribution in [0.25, 0.3) is 0 Å². The summed E-state index contributed by atoms with van der Waals surface area (Å²) >= 11 is 0. The lowest BCUT2D eigenvalue weighted by molar-refractivity contribution is -0.139. The number of rotatable bonds is 5. The van der Waals surface area contributed by atoms with Crippen molar-refractivity contribution >= 4 is 5.97 Å². The second-order valence-corrected chi connectivity index (χ2v) is 3.29. The standard InChI is InChI=1S/C12H16O4/c1-3-16-11-5-4-9(6-10(11)8-13)7-12(14)15-2/h4-6,13H,3,7-8H2,1-2H3. The maximum atomic E-state index is 11.1. The molecular formula is C12H16O4. The molecule has 0 bridgehead atoms. The van der Waals surface area contributed by atoms with Crippen LogP contribution in [0.1, 0.15) is 18.1 Å². The van der Waals surface area contributed by atoms with E-state index in [2.05, 4.69) is 4.74 Å². The molecule has 0 aromatic heterocycles. The molecule has 1 rings (SSSR count). The van der Waals surface area contributed by atoms with Crippen molar-refractivity contribution in [2.45, 2.75) is 20.0 Å². The van der Waals surface area contributed by atoms with Crippen LogP contribution in [0.15, 0.2) is 18.2 Å². The van der Waals surface area contributed by atoms with Crippen LogP contribution in [-0.2, 0) is 22.6 Å². The molecular weight excluding hydrogens is 208 g/mol. The monoisotopic (exact) mass is 224 g/mol. The van der Waals surface area contributed by atoms with E-state index < -0.39 is 0 Å². The SMILES string of the molecule is CCOc1ccc(CC(=O)OC)cc1CO. The number of ether oxygens (including phenoxy) is 2. The number of hydrogen-bond acceptors (Lipinski definition) is 4. The normalized spacial score (nSPS) is 9.94. The lowest BCUT2D eigenvalue weighted by Gasteiger charge is -2.09. The molecule has 0 unspecified atom stereocenters. The number of carbonyl (C=O) groups is 1. The Balaban J connectivity index is 2.86. The predicted octanol–water partition coefficient (Wildman–Crippen LogP) is 1.29. The topological polar surface area (TPSA) is 55.8 Å². The van der Waals surface area contributed by atoms with Gasteiger partial charge >= 0.3 is 5.97 Å². The minimum absolute atomic E-state index is 0.107. The first kappa shape index (κ1) is 12.5. The Morgan fingerprint density at radius 3 is 2.75 bits per heavy atom. The minimum Gasteiger partial charge on any atom is -0.494 e. The molecule has 0 saturated carbocycles. The zero-order chi connectivity index (χ0) is 12.0. The highest BCUT2D eigenvalue weighted by molar-refractivity contribution is 5.72. The third kappa shape index (κ3) is 3.24. The number of benzene rings is 1. The van der Waals surface area contributed by atoms with Gasteiger partial charge in [-0.25, -0.2) is 0 Å². The molecule has 0 aliphatic carbocycles. The van der Waals surface area contributed by atoms with E-state index in [4.69, 9.17) is 9.84 Å². The van der Waals surface area contributed by atoms with Crippen molar-refractivity contribution in [2.75, 3.05) is 13.7 Å². The Kier molecular flexibility index (Phi) is 4.79. The third-order valence-electron chi connectivity index (χ3n) is 2.17. The van der Waals surface area contributed by atoms with Crippen LogP contribution >= 0.6 is 0 Å². The highest BCUT2D eigenvalue weighted by Crippen LogP contribution is 2.20. The second kappa shape index (κ2) is 6.12. The van der Waals surface area contributed by atoms with Crippen LogP contribution in [-0.4, -0.2) is 24.8 Å². The Bertz CT molecular complexity index is 360. The molecule has 0 spiro atoms. The second-order valence-electron chi connectivity index (χ2n) is 3.29. The zero-order valence-corrected chi connectivity index (χ0v) is 9.53. The van der Waals surface area contributed by atoms with Crippen molar-refractivity contribution in [3.63, 3.8) is 0 Å².